The Morgan fingerprint density at radius 2 is 1.89 bits per heavy atom. The second kappa shape index (κ2) is 4.61. The molecule has 0 unspecified atom stereocenters. The van der Waals surface area contributed by atoms with Crippen LogP contribution in [0.3, 0.4) is 0 Å². The lowest BCUT2D eigenvalue weighted by atomic mass is 9.96. The van der Waals surface area contributed by atoms with Gasteiger partial charge in [-0.15, -0.1) is 0 Å². The minimum absolute atomic E-state index is 0.269. The molecule has 0 amide bonds. The minimum Gasteiger partial charge on any atom is -0.383 e. The van der Waals surface area contributed by atoms with Crippen molar-refractivity contribution in [3.05, 3.63) is 40.8 Å². The number of halogens is 1. The fraction of sp³-hybridized carbons (Fsp3) is 0.333. The standard InChI is InChI=1S/C15H16FN3/c1-9-6-10(8-11(16)7-9)15-18-13-5-3-2-4-12(13)14(17)19-15/h6-8H,2-5H2,1H3,(H2,17,18,19). The van der Waals surface area contributed by atoms with Crippen LogP contribution in [0.15, 0.2) is 18.2 Å². The van der Waals surface area contributed by atoms with Crippen LogP contribution in [0, 0.1) is 12.7 Å². The van der Waals surface area contributed by atoms with Crippen molar-refractivity contribution in [3.8, 4) is 11.4 Å². The molecule has 1 heterocycles. The average molecular weight is 257 g/mol. The first-order valence-electron chi connectivity index (χ1n) is 6.56. The summed E-state index contributed by atoms with van der Waals surface area (Å²) < 4.78 is 13.5. The molecule has 98 valence electrons. The third kappa shape index (κ3) is 2.30. The van der Waals surface area contributed by atoms with Crippen molar-refractivity contribution < 1.29 is 4.39 Å². The molecule has 0 fully saturated rings. The van der Waals surface area contributed by atoms with Gasteiger partial charge in [-0.1, -0.05) is 0 Å². The van der Waals surface area contributed by atoms with Gasteiger partial charge in [0.25, 0.3) is 0 Å². The highest BCUT2D eigenvalue weighted by molar-refractivity contribution is 5.60. The van der Waals surface area contributed by atoms with E-state index in [1.54, 1.807) is 0 Å². The zero-order valence-corrected chi connectivity index (χ0v) is 10.9. The van der Waals surface area contributed by atoms with Crippen LogP contribution in [0.4, 0.5) is 10.2 Å². The van der Waals surface area contributed by atoms with E-state index in [2.05, 4.69) is 9.97 Å². The fourth-order valence-electron chi connectivity index (χ4n) is 2.62. The maximum atomic E-state index is 13.5. The van der Waals surface area contributed by atoms with Crippen molar-refractivity contribution in [1.82, 2.24) is 9.97 Å². The van der Waals surface area contributed by atoms with E-state index >= 15 is 0 Å². The van der Waals surface area contributed by atoms with Crippen LogP contribution in [0.1, 0.15) is 29.7 Å². The van der Waals surface area contributed by atoms with E-state index in [0.717, 1.165) is 42.5 Å². The zero-order valence-electron chi connectivity index (χ0n) is 10.9. The Bertz CT molecular complexity index is 617. The van der Waals surface area contributed by atoms with Gasteiger partial charge in [-0.05, 0) is 56.4 Å². The molecule has 1 aliphatic carbocycles. The maximum Gasteiger partial charge on any atom is 0.161 e. The second-order valence-corrected chi connectivity index (χ2v) is 5.08. The van der Waals surface area contributed by atoms with E-state index in [1.807, 2.05) is 13.0 Å². The number of nitrogen functional groups attached to an aromatic ring is 1. The molecule has 2 aromatic rings. The summed E-state index contributed by atoms with van der Waals surface area (Å²) in [7, 11) is 0. The Morgan fingerprint density at radius 1 is 1.11 bits per heavy atom. The highest BCUT2D eigenvalue weighted by atomic mass is 19.1. The highest BCUT2D eigenvalue weighted by Crippen LogP contribution is 2.27. The number of nitrogens with two attached hydrogens (primary N) is 1. The van der Waals surface area contributed by atoms with Crippen molar-refractivity contribution in [2.45, 2.75) is 32.6 Å². The number of aromatic nitrogens is 2. The van der Waals surface area contributed by atoms with Gasteiger partial charge in [0, 0.05) is 16.8 Å². The number of nitrogens with zero attached hydrogens (tertiary/aromatic N) is 2. The second-order valence-electron chi connectivity index (χ2n) is 5.08. The predicted molar refractivity (Wildman–Crippen MR) is 73.2 cm³/mol. The molecule has 19 heavy (non-hydrogen) atoms. The molecule has 3 nitrogen and oxygen atoms in total. The molecule has 0 bridgehead atoms. The average Bonchev–Trinajstić information content (AvgIpc) is 2.37. The molecule has 1 aromatic carbocycles. The van der Waals surface area contributed by atoms with Crippen molar-refractivity contribution in [2.75, 3.05) is 5.73 Å². The largest absolute Gasteiger partial charge is 0.383 e. The number of hydrogen-bond acceptors (Lipinski definition) is 3. The van der Waals surface area contributed by atoms with Gasteiger partial charge in [0.15, 0.2) is 5.82 Å². The van der Waals surface area contributed by atoms with E-state index < -0.39 is 0 Å². The lowest BCUT2D eigenvalue weighted by Crippen LogP contribution is -2.11. The smallest absolute Gasteiger partial charge is 0.161 e. The molecule has 1 aromatic heterocycles. The van der Waals surface area contributed by atoms with Gasteiger partial charge in [0.1, 0.15) is 11.6 Å². The molecule has 0 saturated carbocycles. The van der Waals surface area contributed by atoms with E-state index in [4.69, 9.17) is 5.73 Å². The number of fused-ring (bicyclic) bond motifs is 1. The first kappa shape index (κ1) is 12.1. The first-order valence-corrected chi connectivity index (χ1v) is 6.56. The molecular weight excluding hydrogens is 241 g/mol. The molecule has 3 rings (SSSR count). The topological polar surface area (TPSA) is 51.8 Å². The monoisotopic (exact) mass is 257 g/mol. The summed E-state index contributed by atoms with van der Waals surface area (Å²) >= 11 is 0. The Hall–Kier alpha value is -1.97. The lowest BCUT2D eigenvalue weighted by Gasteiger charge is -2.17. The minimum atomic E-state index is -0.269. The van der Waals surface area contributed by atoms with Crippen molar-refractivity contribution in [3.63, 3.8) is 0 Å². The summed E-state index contributed by atoms with van der Waals surface area (Å²) in [5.74, 6) is 0.803. The Balaban J connectivity index is 2.12. The fourth-order valence-corrected chi connectivity index (χ4v) is 2.62. The summed E-state index contributed by atoms with van der Waals surface area (Å²) in [4.78, 5) is 8.91. The number of aryl methyl sites for hydroxylation is 2. The molecule has 0 spiro atoms. The number of benzene rings is 1. The van der Waals surface area contributed by atoms with Crippen LogP contribution in [-0.2, 0) is 12.8 Å². The SMILES string of the molecule is Cc1cc(F)cc(-c2nc(N)c3c(n2)CCCC3)c1. The third-order valence-corrected chi connectivity index (χ3v) is 3.52. The molecule has 0 radical (unpaired) electrons. The third-order valence-electron chi connectivity index (χ3n) is 3.52. The van der Waals surface area contributed by atoms with Crippen LogP contribution < -0.4 is 5.73 Å². The van der Waals surface area contributed by atoms with Crippen LogP contribution >= 0.6 is 0 Å². The molecule has 0 atom stereocenters. The normalized spacial score (nSPS) is 14.2. The van der Waals surface area contributed by atoms with Crippen molar-refractivity contribution >= 4 is 5.82 Å². The van der Waals surface area contributed by atoms with Crippen LogP contribution in [0.25, 0.3) is 11.4 Å². The van der Waals surface area contributed by atoms with Crippen LogP contribution in [0.5, 0.6) is 0 Å². The quantitative estimate of drug-likeness (QED) is 0.854. The molecule has 2 N–H and O–H groups in total. The van der Waals surface area contributed by atoms with E-state index in [-0.39, 0.29) is 5.82 Å². The van der Waals surface area contributed by atoms with E-state index in [0.29, 0.717) is 17.2 Å². The van der Waals surface area contributed by atoms with Gasteiger partial charge < -0.3 is 5.73 Å². The molecule has 1 aliphatic rings. The lowest BCUT2D eigenvalue weighted by molar-refractivity contribution is 0.626. The number of anilines is 1. The van der Waals surface area contributed by atoms with Gasteiger partial charge in [-0.2, -0.15) is 0 Å². The van der Waals surface area contributed by atoms with Gasteiger partial charge in [0.05, 0.1) is 0 Å². The van der Waals surface area contributed by atoms with Crippen molar-refractivity contribution in [2.24, 2.45) is 0 Å². The van der Waals surface area contributed by atoms with E-state index in [1.165, 1.54) is 12.1 Å². The number of hydrogen-bond donors (Lipinski definition) is 1. The van der Waals surface area contributed by atoms with Gasteiger partial charge in [-0.25, -0.2) is 14.4 Å². The molecule has 0 saturated heterocycles. The predicted octanol–water partition coefficient (Wildman–Crippen LogP) is 3.05. The van der Waals surface area contributed by atoms with Gasteiger partial charge >= 0.3 is 0 Å². The first-order chi connectivity index (χ1) is 9.13. The van der Waals surface area contributed by atoms with Crippen LogP contribution in [0.2, 0.25) is 0 Å². The van der Waals surface area contributed by atoms with Crippen LogP contribution in [-0.4, -0.2) is 9.97 Å². The summed E-state index contributed by atoms with van der Waals surface area (Å²) in [5.41, 5.74) is 9.66. The highest BCUT2D eigenvalue weighted by Gasteiger charge is 2.17. The molecule has 0 aliphatic heterocycles. The Morgan fingerprint density at radius 3 is 2.68 bits per heavy atom. The maximum absolute atomic E-state index is 13.5. The summed E-state index contributed by atoms with van der Waals surface area (Å²) in [6, 6.07) is 4.83. The number of rotatable bonds is 1. The molecular formula is C15H16FN3. The van der Waals surface area contributed by atoms with Gasteiger partial charge in [-0.3, -0.25) is 0 Å². The van der Waals surface area contributed by atoms with Gasteiger partial charge in [0.2, 0.25) is 0 Å². The van der Waals surface area contributed by atoms with Crippen molar-refractivity contribution in [1.29, 1.82) is 0 Å². The summed E-state index contributed by atoms with van der Waals surface area (Å²) in [6.45, 7) is 1.86. The summed E-state index contributed by atoms with van der Waals surface area (Å²) in [5, 5.41) is 0. The zero-order chi connectivity index (χ0) is 13.4. The van der Waals surface area contributed by atoms with E-state index in [9.17, 15) is 4.39 Å². The summed E-state index contributed by atoms with van der Waals surface area (Å²) in [6.07, 6.45) is 4.15. The molecule has 4 heteroatoms. The Labute approximate surface area is 111 Å². The Kier molecular flexibility index (Phi) is 2.93.